The van der Waals surface area contributed by atoms with Gasteiger partial charge in [0.2, 0.25) is 11.5 Å². The first kappa shape index (κ1) is 12.4. The lowest BCUT2D eigenvalue weighted by Gasteiger charge is -2.05. The number of anilines is 2. The van der Waals surface area contributed by atoms with E-state index in [0.29, 0.717) is 21.2 Å². The first-order valence-electron chi connectivity index (χ1n) is 5.35. The van der Waals surface area contributed by atoms with Gasteiger partial charge in [0.15, 0.2) is 0 Å². The van der Waals surface area contributed by atoms with Crippen LogP contribution in [0.15, 0.2) is 26.0 Å². The maximum Gasteiger partial charge on any atom is 0.323 e. The molecule has 0 atom stereocenters. The number of halogens is 1. The number of fused-ring (bicyclic) bond motifs is 1. The van der Waals surface area contributed by atoms with Crippen LogP contribution in [0.2, 0.25) is 0 Å². The second-order valence-corrected chi connectivity index (χ2v) is 4.76. The average molecular weight is 339 g/mol. The maximum atomic E-state index is 11.9. The van der Waals surface area contributed by atoms with Gasteiger partial charge in [-0.3, -0.25) is 4.79 Å². The van der Waals surface area contributed by atoms with E-state index in [0.717, 1.165) is 0 Å². The van der Waals surface area contributed by atoms with Gasteiger partial charge >= 0.3 is 5.69 Å². The molecule has 3 aromatic rings. The highest BCUT2D eigenvalue weighted by Gasteiger charge is 2.17. The Morgan fingerprint density at radius 1 is 1.30 bits per heavy atom. The number of aromatic amines is 2. The van der Waals surface area contributed by atoms with Gasteiger partial charge in [0, 0.05) is 4.47 Å². The van der Waals surface area contributed by atoms with E-state index in [1.54, 1.807) is 12.1 Å². The van der Waals surface area contributed by atoms with E-state index >= 15 is 0 Å². The monoisotopic (exact) mass is 338 g/mol. The Labute approximate surface area is 118 Å². The SMILES string of the molecule is Nc1nonc1C(=O)Nc1cc2[nH]c(=O)[nH]c2cc1Br. The number of benzene rings is 1. The number of nitrogens with two attached hydrogens (primary N) is 1. The van der Waals surface area contributed by atoms with E-state index in [2.05, 4.69) is 46.2 Å². The Hall–Kier alpha value is -2.62. The lowest BCUT2D eigenvalue weighted by atomic mass is 10.2. The van der Waals surface area contributed by atoms with Gasteiger partial charge in [0.25, 0.3) is 5.91 Å². The third-order valence-electron chi connectivity index (χ3n) is 2.58. The van der Waals surface area contributed by atoms with Crippen LogP contribution in [0.3, 0.4) is 0 Å². The fraction of sp³-hybridized carbons (Fsp3) is 0. The number of hydrogen-bond acceptors (Lipinski definition) is 6. The fourth-order valence-corrected chi connectivity index (χ4v) is 2.13. The number of rotatable bonds is 2. The molecule has 1 amide bonds. The summed E-state index contributed by atoms with van der Waals surface area (Å²) in [5, 5.41) is 9.32. The first-order chi connectivity index (χ1) is 9.54. The molecule has 2 heterocycles. The van der Waals surface area contributed by atoms with Gasteiger partial charge in [-0.2, -0.15) is 0 Å². The van der Waals surface area contributed by atoms with Crippen LogP contribution in [-0.2, 0) is 0 Å². The molecule has 0 aliphatic heterocycles. The molecule has 0 radical (unpaired) electrons. The maximum absolute atomic E-state index is 11.9. The van der Waals surface area contributed by atoms with Crippen molar-refractivity contribution in [3.05, 3.63) is 32.8 Å². The quantitative estimate of drug-likeness (QED) is 0.545. The normalized spacial score (nSPS) is 10.8. The van der Waals surface area contributed by atoms with Crippen LogP contribution in [0.25, 0.3) is 11.0 Å². The van der Waals surface area contributed by atoms with Crippen molar-refractivity contribution >= 4 is 44.4 Å². The van der Waals surface area contributed by atoms with E-state index < -0.39 is 5.91 Å². The number of amides is 1. The van der Waals surface area contributed by atoms with Gasteiger partial charge in [0.05, 0.1) is 16.7 Å². The summed E-state index contributed by atoms with van der Waals surface area (Å²) in [5.41, 5.74) is 6.60. The molecule has 0 spiro atoms. The minimum Gasteiger partial charge on any atom is -0.379 e. The summed E-state index contributed by atoms with van der Waals surface area (Å²) in [5.74, 6) is -0.670. The van der Waals surface area contributed by atoms with Gasteiger partial charge in [-0.25, -0.2) is 9.42 Å². The summed E-state index contributed by atoms with van der Waals surface area (Å²) in [6.07, 6.45) is 0. The molecule has 0 fully saturated rings. The molecular formula is C10H7BrN6O3. The molecule has 5 N–H and O–H groups in total. The minimum atomic E-state index is -0.568. The molecule has 0 aliphatic carbocycles. The number of H-pyrrole nitrogens is 2. The lowest BCUT2D eigenvalue weighted by Crippen LogP contribution is -2.14. The van der Waals surface area contributed by atoms with E-state index in [4.69, 9.17) is 5.73 Å². The highest BCUT2D eigenvalue weighted by atomic mass is 79.9. The average Bonchev–Trinajstić information content (AvgIpc) is 2.94. The van der Waals surface area contributed by atoms with Gasteiger partial charge in [-0.05, 0) is 38.4 Å². The number of carbonyl (C=O) groups excluding carboxylic acids is 1. The summed E-state index contributed by atoms with van der Waals surface area (Å²) in [6, 6.07) is 3.26. The summed E-state index contributed by atoms with van der Waals surface area (Å²) in [6.45, 7) is 0. The van der Waals surface area contributed by atoms with Crippen LogP contribution in [-0.4, -0.2) is 26.2 Å². The Morgan fingerprint density at radius 3 is 2.65 bits per heavy atom. The van der Waals surface area contributed by atoms with Crippen molar-refractivity contribution in [3.63, 3.8) is 0 Å². The Kier molecular flexibility index (Phi) is 2.79. The number of carbonyl (C=O) groups is 1. The summed E-state index contributed by atoms with van der Waals surface area (Å²) in [7, 11) is 0. The van der Waals surface area contributed by atoms with Crippen LogP contribution in [0.5, 0.6) is 0 Å². The number of hydrogen-bond donors (Lipinski definition) is 4. The second kappa shape index (κ2) is 4.49. The van der Waals surface area contributed by atoms with Crippen LogP contribution in [0, 0.1) is 0 Å². The first-order valence-corrected chi connectivity index (χ1v) is 6.15. The molecule has 0 saturated heterocycles. The van der Waals surface area contributed by atoms with Crippen molar-refractivity contribution in [1.29, 1.82) is 0 Å². The topological polar surface area (TPSA) is 143 Å². The van der Waals surface area contributed by atoms with Gasteiger partial charge in [0.1, 0.15) is 0 Å². The molecular weight excluding hydrogens is 332 g/mol. The summed E-state index contributed by atoms with van der Waals surface area (Å²) >= 11 is 3.30. The Bertz CT molecular complexity index is 863. The van der Waals surface area contributed by atoms with Crippen LogP contribution in [0.1, 0.15) is 10.5 Å². The number of nitrogens with zero attached hydrogens (tertiary/aromatic N) is 2. The van der Waals surface area contributed by atoms with E-state index in [9.17, 15) is 9.59 Å². The van der Waals surface area contributed by atoms with Gasteiger partial charge < -0.3 is 21.0 Å². The molecule has 1 aromatic carbocycles. The number of nitrogens with one attached hydrogen (secondary N) is 3. The molecule has 0 saturated carbocycles. The third kappa shape index (κ3) is 2.05. The zero-order valence-electron chi connectivity index (χ0n) is 9.73. The van der Waals surface area contributed by atoms with Crippen LogP contribution >= 0.6 is 15.9 Å². The molecule has 10 heteroatoms. The Morgan fingerprint density at radius 2 is 2.00 bits per heavy atom. The Balaban J connectivity index is 1.98. The molecule has 3 rings (SSSR count). The smallest absolute Gasteiger partial charge is 0.323 e. The number of aromatic nitrogens is 4. The molecule has 2 aromatic heterocycles. The molecule has 0 bridgehead atoms. The fourth-order valence-electron chi connectivity index (χ4n) is 1.69. The summed E-state index contributed by atoms with van der Waals surface area (Å²) in [4.78, 5) is 28.3. The van der Waals surface area contributed by atoms with Crippen molar-refractivity contribution in [2.45, 2.75) is 0 Å². The van der Waals surface area contributed by atoms with Crippen molar-refractivity contribution < 1.29 is 9.42 Å². The van der Waals surface area contributed by atoms with Crippen molar-refractivity contribution in [3.8, 4) is 0 Å². The summed E-state index contributed by atoms with van der Waals surface area (Å²) < 4.78 is 4.94. The molecule has 102 valence electrons. The molecule has 0 aliphatic rings. The van der Waals surface area contributed by atoms with Crippen LogP contribution in [0.4, 0.5) is 11.5 Å². The van der Waals surface area contributed by atoms with Crippen LogP contribution < -0.4 is 16.7 Å². The number of imidazole rings is 1. The molecule has 20 heavy (non-hydrogen) atoms. The lowest BCUT2D eigenvalue weighted by molar-refractivity contribution is 0.101. The molecule has 0 unspecified atom stereocenters. The predicted molar refractivity (Wildman–Crippen MR) is 73.3 cm³/mol. The van der Waals surface area contributed by atoms with E-state index in [1.165, 1.54) is 0 Å². The second-order valence-electron chi connectivity index (χ2n) is 3.91. The largest absolute Gasteiger partial charge is 0.379 e. The highest BCUT2D eigenvalue weighted by Crippen LogP contribution is 2.27. The predicted octanol–water partition coefficient (Wildman–Crippen LogP) is 0.836. The van der Waals surface area contributed by atoms with Crippen molar-refractivity contribution in [1.82, 2.24) is 20.3 Å². The zero-order chi connectivity index (χ0) is 14.3. The zero-order valence-corrected chi connectivity index (χ0v) is 11.3. The van der Waals surface area contributed by atoms with Crippen molar-refractivity contribution in [2.75, 3.05) is 11.1 Å². The molecule has 9 nitrogen and oxygen atoms in total. The number of nitrogen functional groups attached to an aromatic ring is 1. The van der Waals surface area contributed by atoms with Gasteiger partial charge in [-0.15, -0.1) is 0 Å². The van der Waals surface area contributed by atoms with Gasteiger partial charge in [-0.1, -0.05) is 0 Å². The third-order valence-corrected chi connectivity index (χ3v) is 3.24. The standard InChI is InChI=1S/C10H7BrN6O3/c11-3-1-5-6(15-10(19)14-5)2-4(3)13-9(18)7-8(12)17-20-16-7/h1-2H,(H2,12,17)(H,13,18)(H2,14,15,19). The highest BCUT2D eigenvalue weighted by molar-refractivity contribution is 9.10. The van der Waals surface area contributed by atoms with Crippen molar-refractivity contribution in [2.24, 2.45) is 0 Å². The van der Waals surface area contributed by atoms with E-state index in [-0.39, 0.29) is 17.2 Å². The minimum absolute atomic E-state index is 0.102. The van der Waals surface area contributed by atoms with E-state index in [1.807, 2.05) is 0 Å².